The predicted octanol–water partition coefficient (Wildman–Crippen LogP) is 1.24. The van der Waals surface area contributed by atoms with Crippen LogP contribution in [0.1, 0.15) is 13.8 Å². The van der Waals surface area contributed by atoms with Gasteiger partial charge in [-0.1, -0.05) is 12.1 Å². The SMILES string of the molecule is CC(C)Oc1ccccc1NCC(O)CO. The Morgan fingerprint density at radius 1 is 1.31 bits per heavy atom. The van der Waals surface area contributed by atoms with E-state index in [1.165, 1.54) is 0 Å². The maximum atomic E-state index is 9.24. The molecule has 16 heavy (non-hydrogen) atoms. The van der Waals surface area contributed by atoms with Crippen LogP contribution in [-0.2, 0) is 0 Å². The third-order valence-electron chi connectivity index (χ3n) is 1.99. The van der Waals surface area contributed by atoms with E-state index in [4.69, 9.17) is 9.84 Å². The van der Waals surface area contributed by atoms with E-state index in [2.05, 4.69) is 5.32 Å². The molecule has 4 heteroatoms. The van der Waals surface area contributed by atoms with Gasteiger partial charge in [0, 0.05) is 6.54 Å². The number of aliphatic hydroxyl groups excluding tert-OH is 2. The first-order chi connectivity index (χ1) is 7.63. The molecule has 0 aliphatic rings. The van der Waals surface area contributed by atoms with Crippen molar-refractivity contribution < 1.29 is 14.9 Å². The zero-order valence-electron chi connectivity index (χ0n) is 9.68. The molecule has 0 fully saturated rings. The summed E-state index contributed by atoms with van der Waals surface area (Å²) in [6.45, 7) is 3.97. The third-order valence-corrected chi connectivity index (χ3v) is 1.99. The summed E-state index contributed by atoms with van der Waals surface area (Å²) in [7, 11) is 0. The van der Waals surface area contributed by atoms with Crippen molar-refractivity contribution in [1.29, 1.82) is 0 Å². The molecule has 4 nitrogen and oxygen atoms in total. The highest BCUT2D eigenvalue weighted by molar-refractivity contribution is 5.56. The topological polar surface area (TPSA) is 61.7 Å². The molecule has 90 valence electrons. The van der Waals surface area contributed by atoms with Gasteiger partial charge in [0.25, 0.3) is 0 Å². The second kappa shape index (κ2) is 6.35. The van der Waals surface area contributed by atoms with Crippen molar-refractivity contribution in [2.75, 3.05) is 18.5 Å². The van der Waals surface area contributed by atoms with E-state index in [-0.39, 0.29) is 12.7 Å². The molecule has 0 aliphatic carbocycles. The summed E-state index contributed by atoms with van der Waals surface area (Å²) in [5.74, 6) is 0.752. The van der Waals surface area contributed by atoms with E-state index in [0.29, 0.717) is 6.54 Å². The van der Waals surface area contributed by atoms with Crippen molar-refractivity contribution in [2.24, 2.45) is 0 Å². The van der Waals surface area contributed by atoms with Crippen LogP contribution in [0.25, 0.3) is 0 Å². The van der Waals surface area contributed by atoms with E-state index in [1.54, 1.807) is 0 Å². The maximum Gasteiger partial charge on any atom is 0.142 e. The molecule has 3 N–H and O–H groups in total. The Labute approximate surface area is 95.9 Å². The summed E-state index contributed by atoms with van der Waals surface area (Å²) < 4.78 is 5.60. The number of para-hydroxylation sites is 2. The minimum atomic E-state index is -0.757. The molecule has 1 aromatic carbocycles. The van der Waals surface area contributed by atoms with Gasteiger partial charge in [0.15, 0.2) is 0 Å². The molecule has 0 amide bonds. The first kappa shape index (κ1) is 12.8. The zero-order chi connectivity index (χ0) is 12.0. The Morgan fingerprint density at radius 2 is 2.00 bits per heavy atom. The van der Waals surface area contributed by atoms with E-state index in [0.717, 1.165) is 11.4 Å². The lowest BCUT2D eigenvalue weighted by molar-refractivity contribution is 0.105. The highest BCUT2D eigenvalue weighted by Gasteiger charge is 2.06. The van der Waals surface area contributed by atoms with Crippen LogP contribution in [0.5, 0.6) is 5.75 Å². The Balaban J connectivity index is 2.63. The maximum absolute atomic E-state index is 9.24. The summed E-state index contributed by atoms with van der Waals surface area (Å²) >= 11 is 0. The lowest BCUT2D eigenvalue weighted by atomic mass is 10.2. The molecule has 0 aromatic heterocycles. The van der Waals surface area contributed by atoms with Crippen LogP contribution in [0.15, 0.2) is 24.3 Å². The van der Waals surface area contributed by atoms with Gasteiger partial charge in [-0.3, -0.25) is 0 Å². The van der Waals surface area contributed by atoms with Gasteiger partial charge in [0.2, 0.25) is 0 Å². The summed E-state index contributed by atoms with van der Waals surface area (Å²) in [6.07, 6.45) is -0.655. The van der Waals surface area contributed by atoms with E-state index in [1.807, 2.05) is 38.1 Å². The molecule has 0 saturated carbocycles. The van der Waals surface area contributed by atoms with Crippen LogP contribution in [0.3, 0.4) is 0 Å². The predicted molar refractivity (Wildman–Crippen MR) is 63.8 cm³/mol. The second-order valence-corrected chi connectivity index (χ2v) is 3.88. The number of ether oxygens (including phenoxy) is 1. The van der Waals surface area contributed by atoms with Crippen molar-refractivity contribution in [2.45, 2.75) is 26.1 Å². The van der Waals surface area contributed by atoms with Crippen LogP contribution in [0.4, 0.5) is 5.69 Å². The smallest absolute Gasteiger partial charge is 0.142 e. The monoisotopic (exact) mass is 225 g/mol. The van der Waals surface area contributed by atoms with Gasteiger partial charge in [-0.05, 0) is 26.0 Å². The number of hydrogen-bond acceptors (Lipinski definition) is 4. The lowest BCUT2D eigenvalue weighted by Crippen LogP contribution is -2.23. The fourth-order valence-corrected chi connectivity index (χ4v) is 1.26. The molecular weight excluding hydrogens is 206 g/mol. The largest absolute Gasteiger partial charge is 0.489 e. The van der Waals surface area contributed by atoms with Crippen LogP contribution >= 0.6 is 0 Å². The van der Waals surface area contributed by atoms with E-state index < -0.39 is 6.10 Å². The molecule has 1 aromatic rings. The minimum Gasteiger partial charge on any atom is -0.489 e. The van der Waals surface area contributed by atoms with Crippen LogP contribution < -0.4 is 10.1 Å². The quantitative estimate of drug-likeness (QED) is 0.681. The summed E-state index contributed by atoms with van der Waals surface area (Å²) in [5.41, 5.74) is 0.823. The number of aliphatic hydroxyl groups is 2. The molecule has 1 unspecified atom stereocenters. The molecule has 0 radical (unpaired) electrons. The van der Waals surface area contributed by atoms with Gasteiger partial charge in [0.05, 0.1) is 24.5 Å². The summed E-state index contributed by atoms with van der Waals surface area (Å²) in [4.78, 5) is 0. The summed E-state index contributed by atoms with van der Waals surface area (Å²) in [6, 6.07) is 7.53. The van der Waals surface area contributed by atoms with Crippen LogP contribution in [0.2, 0.25) is 0 Å². The molecular formula is C12H19NO3. The standard InChI is InChI=1S/C12H19NO3/c1-9(2)16-12-6-4-3-5-11(12)13-7-10(15)8-14/h3-6,9-10,13-15H,7-8H2,1-2H3. The Bertz CT molecular complexity index is 315. The van der Waals surface area contributed by atoms with Crippen LogP contribution in [-0.4, -0.2) is 35.6 Å². The highest BCUT2D eigenvalue weighted by Crippen LogP contribution is 2.24. The van der Waals surface area contributed by atoms with Crippen LogP contribution in [0, 0.1) is 0 Å². The van der Waals surface area contributed by atoms with Crippen molar-refractivity contribution in [3.8, 4) is 5.75 Å². The number of nitrogens with one attached hydrogen (secondary N) is 1. The molecule has 0 heterocycles. The van der Waals surface area contributed by atoms with Crippen molar-refractivity contribution in [1.82, 2.24) is 0 Å². The number of rotatable bonds is 6. The molecule has 0 bridgehead atoms. The normalized spacial score (nSPS) is 12.6. The molecule has 0 aliphatic heterocycles. The number of anilines is 1. The zero-order valence-corrected chi connectivity index (χ0v) is 9.68. The Morgan fingerprint density at radius 3 is 2.62 bits per heavy atom. The first-order valence-electron chi connectivity index (χ1n) is 5.42. The molecule has 1 rings (SSSR count). The summed E-state index contributed by atoms with van der Waals surface area (Å²) in [5, 5.41) is 21.0. The fraction of sp³-hybridized carbons (Fsp3) is 0.500. The molecule has 1 atom stereocenters. The van der Waals surface area contributed by atoms with Gasteiger partial charge in [-0.2, -0.15) is 0 Å². The van der Waals surface area contributed by atoms with Gasteiger partial charge >= 0.3 is 0 Å². The number of hydrogen-bond donors (Lipinski definition) is 3. The van der Waals surface area contributed by atoms with Gasteiger partial charge in [-0.15, -0.1) is 0 Å². The highest BCUT2D eigenvalue weighted by atomic mass is 16.5. The average molecular weight is 225 g/mol. The number of benzene rings is 1. The van der Waals surface area contributed by atoms with Gasteiger partial charge in [0.1, 0.15) is 5.75 Å². The molecule has 0 spiro atoms. The van der Waals surface area contributed by atoms with Gasteiger partial charge in [-0.25, -0.2) is 0 Å². The van der Waals surface area contributed by atoms with Crippen molar-refractivity contribution in [3.05, 3.63) is 24.3 Å². The lowest BCUT2D eigenvalue weighted by Gasteiger charge is -2.16. The Hall–Kier alpha value is -1.26. The first-order valence-corrected chi connectivity index (χ1v) is 5.42. The van der Waals surface area contributed by atoms with E-state index in [9.17, 15) is 5.11 Å². The third kappa shape index (κ3) is 4.08. The Kier molecular flexibility index (Phi) is 5.08. The fourth-order valence-electron chi connectivity index (χ4n) is 1.26. The minimum absolute atomic E-state index is 0.103. The van der Waals surface area contributed by atoms with Crippen molar-refractivity contribution in [3.63, 3.8) is 0 Å². The molecule has 0 saturated heterocycles. The van der Waals surface area contributed by atoms with Crippen molar-refractivity contribution >= 4 is 5.69 Å². The van der Waals surface area contributed by atoms with E-state index >= 15 is 0 Å². The average Bonchev–Trinajstić information content (AvgIpc) is 2.26. The second-order valence-electron chi connectivity index (χ2n) is 3.88. The van der Waals surface area contributed by atoms with Gasteiger partial charge < -0.3 is 20.3 Å².